The van der Waals surface area contributed by atoms with Crippen LogP contribution in [0.3, 0.4) is 0 Å². The number of thiocarbonyl (C=S) groups is 1. The second-order valence-corrected chi connectivity index (χ2v) is 5.85. The lowest BCUT2D eigenvalue weighted by atomic mass is 10.2. The first-order chi connectivity index (χ1) is 11.5. The Morgan fingerprint density at radius 3 is 2.46 bits per heavy atom. The van der Waals surface area contributed by atoms with Gasteiger partial charge in [-0.1, -0.05) is 13.8 Å². The fraction of sp³-hybridized carbons (Fsp3) is 0.235. The SMILES string of the molecule is CC(C)C(=O)NC(=S)Nc1ccc(C(=O)NCc2ccco2)cc1. The molecule has 1 aromatic carbocycles. The molecule has 1 aromatic heterocycles. The van der Waals surface area contributed by atoms with Crippen LogP contribution in [-0.2, 0) is 11.3 Å². The van der Waals surface area contributed by atoms with Gasteiger partial charge in [-0.05, 0) is 48.6 Å². The van der Waals surface area contributed by atoms with Crippen molar-refractivity contribution in [2.24, 2.45) is 5.92 Å². The van der Waals surface area contributed by atoms with E-state index < -0.39 is 0 Å². The maximum atomic E-state index is 12.0. The molecule has 0 aliphatic heterocycles. The molecule has 126 valence electrons. The number of benzene rings is 1. The molecule has 2 aromatic rings. The molecule has 0 bridgehead atoms. The lowest BCUT2D eigenvalue weighted by Crippen LogP contribution is -2.36. The molecule has 0 unspecified atom stereocenters. The van der Waals surface area contributed by atoms with Gasteiger partial charge in [0.1, 0.15) is 5.76 Å². The minimum absolute atomic E-state index is 0.148. The van der Waals surface area contributed by atoms with E-state index in [2.05, 4.69) is 16.0 Å². The molecule has 0 saturated carbocycles. The van der Waals surface area contributed by atoms with E-state index in [1.807, 2.05) is 0 Å². The Morgan fingerprint density at radius 2 is 1.88 bits per heavy atom. The molecule has 6 nitrogen and oxygen atoms in total. The smallest absolute Gasteiger partial charge is 0.251 e. The van der Waals surface area contributed by atoms with Gasteiger partial charge in [0.05, 0.1) is 12.8 Å². The van der Waals surface area contributed by atoms with Gasteiger partial charge < -0.3 is 20.4 Å². The zero-order chi connectivity index (χ0) is 17.5. The molecule has 2 amide bonds. The summed E-state index contributed by atoms with van der Waals surface area (Å²) in [6, 6.07) is 10.3. The molecular weight excluding hydrogens is 326 g/mol. The van der Waals surface area contributed by atoms with Crippen LogP contribution < -0.4 is 16.0 Å². The van der Waals surface area contributed by atoms with Crippen LogP contribution in [0.25, 0.3) is 0 Å². The molecular formula is C17H19N3O3S. The molecule has 0 spiro atoms. The summed E-state index contributed by atoms with van der Waals surface area (Å²) in [5.74, 6) is 0.188. The van der Waals surface area contributed by atoms with Crippen molar-refractivity contribution in [1.29, 1.82) is 0 Å². The second kappa shape index (κ2) is 8.26. The van der Waals surface area contributed by atoms with E-state index in [-0.39, 0.29) is 22.8 Å². The Hall–Kier alpha value is -2.67. The van der Waals surface area contributed by atoms with Gasteiger partial charge >= 0.3 is 0 Å². The standard InChI is InChI=1S/C17H19N3O3S/c1-11(2)15(21)20-17(24)19-13-7-5-12(6-8-13)16(22)18-10-14-4-3-9-23-14/h3-9,11H,10H2,1-2H3,(H,18,22)(H2,19,20,21,24). The first kappa shape index (κ1) is 17.7. The van der Waals surface area contributed by atoms with Crippen LogP contribution in [0.5, 0.6) is 0 Å². The molecule has 0 aliphatic rings. The van der Waals surface area contributed by atoms with Gasteiger partial charge in [-0.25, -0.2) is 0 Å². The van der Waals surface area contributed by atoms with Gasteiger partial charge in [0.15, 0.2) is 5.11 Å². The zero-order valence-corrected chi connectivity index (χ0v) is 14.3. The summed E-state index contributed by atoms with van der Waals surface area (Å²) in [7, 11) is 0. The number of carbonyl (C=O) groups excluding carboxylic acids is 2. The number of hydrogen-bond donors (Lipinski definition) is 3. The minimum Gasteiger partial charge on any atom is -0.467 e. The number of amides is 2. The van der Waals surface area contributed by atoms with E-state index in [0.29, 0.717) is 23.6 Å². The predicted octanol–water partition coefficient (Wildman–Crippen LogP) is 2.68. The van der Waals surface area contributed by atoms with Crippen molar-refractivity contribution in [2.75, 3.05) is 5.32 Å². The largest absolute Gasteiger partial charge is 0.467 e. The summed E-state index contributed by atoms with van der Waals surface area (Å²) in [6.45, 7) is 3.90. The summed E-state index contributed by atoms with van der Waals surface area (Å²) >= 11 is 5.07. The molecule has 24 heavy (non-hydrogen) atoms. The molecule has 0 aliphatic carbocycles. The molecule has 3 N–H and O–H groups in total. The summed E-state index contributed by atoms with van der Waals surface area (Å²) in [5, 5.41) is 8.48. The third kappa shape index (κ3) is 5.20. The first-order valence-electron chi connectivity index (χ1n) is 7.48. The average Bonchev–Trinajstić information content (AvgIpc) is 3.06. The highest BCUT2D eigenvalue weighted by Gasteiger charge is 2.10. The highest BCUT2D eigenvalue weighted by atomic mass is 32.1. The first-order valence-corrected chi connectivity index (χ1v) is 7.89. The lowest BCUT2D eigenvalue weighted by molar-refractivity contribution is -0.122. The summed E-state index contributed by atoms with van der Waals surface area (Å²) in [5.41, 5.74) is 1.20. The zero-order valence-electron chi connectivity index (χ0n) is 13.5. The Labute approximate surface area is 145 Å². The average molecular weight is 345 g/mol. The molecule has 0 fully saturated rings. The molecule has 0 saturated heterocycles. The molecule has 1 heterocycles. The van der Waals surface area contributed by atoms with Crippen molar-refractivity contribution in [3.8, 4) is 0 Å². The van der Waals surface area contributed by atoms with Crippen LogP contribution in [0.2, 0.25) is 0 Å². The lowest BCUT2D eigenvalue weighted by Gasteiger charge is -2.11. The fourth-order valence-electron chi connectivity index (χ4n) is 1.81. The Kier molecular flexibility index (Phi) is 6.08. The van der Waals surface area contributed by atoms with Gasteiger partial charge in [-0.2, -0.15) is 0 Å². The Morgan fingerprint density at radius 1 is 1.17 bits per heavy atom. The quantitative estimate of drug-likeness (QED) is 0.726. The maximum Gasteiger partial charge on any atom is 0.251 e. The van der Waals surface area contributed by atoms with Crippen molar-refractivity contribution in [3.05, 3.63) is 54.0 Å². The summed E-state index contributed by atoms with van der Waals surface area (Å²) < 4.78 is 5.16. The second-order valence-electron chi connectivity index (χ2n) is 5.44. The Balaban J connectivity index is 1.86. The van der Waals surface area contributed by atoms with Crippen LogP contribution in [0.15, 0.2) is 47.1 Å². The van der Waals surface area contributed by atoms with Gasteiger partial charge in [0.2, 0.25) is 5.91 Å². The topological polar surface area (TPSA) is 83.4 Å². The van der Waals surface area contributed by atoms with Crippen LogP contribution in [0.4, 0.5) is 5.69 Å². The maximum absolute atomic E-state index is 12.0. The van der Waals surface area contributed by atoms with E-state index in [1.165, 1.54) is 0 Å². The highest BCUT2D eigenvalue weighted by molar-refractivity contribution is 7.80. The molecule has 0 atom stereocenters. The van der Waals surface area contributed by atoms with E-state index in [0.717, 1.165) is 0 Å². The molecule has 2 rings (SSSR count). The van der Waals surface area contributed by atoms with Crippen molar-refractivity contribution >= 4 is 34.8 Å². The normalized spacial score (nSPS) is 10.3. The predicted molar refractivity (Wildman–Crippen MR) is 95.5 cm³/mol. The van der Waals surface area contributed by atoms with E-state index in [1.54, 1.807) is 56.5 Å². The van der Waals surface area contributed by atoms with Crippen molar-refractivity contribution in [1.82, 2.24) is 10.6 Å². The van der Waals surface area contributed by atoms with Gasteiger partial charge in [-0.3, -0.25) is 9.59 Å². The van der Waals surface area contributed by atoms with Crippen molar-refractivity contribution in [3.63, 3.8) is 0 Å². The fourth-order valence-corrected chi connectivity index (χ4v) is 2.02. The van der Waals surface area contributed by atoms with Crippen LogP contribution in [0, 0.1) is 5.92 Å². The van der Waals surface area contributed by atoms with Crippen LogP contribution in [-0.4, -0.2) is 16.9 Å². The highest BCUT2D eigenvalue weighted by Crippen LogP contribution is 2.10. The number of carbonyl (C=O) groups is 2. The minimum atomic E-state index is -0.200. The number of hydrogen-bond acceptors (Lipinski definition) is 4. The van der Waals surface area contributed by atoms with Gasteiger partial charge in [0, 0.05) is 17.2 Å². The Bertz CT molecular complexity index is 709. The van der Waals surface area contributed by atoms with E-state index in [9.17, 15) is 9.59 Å². The summed E-state index contributed by atoms with van der Waals surface area (Å²) in [6.07, 6.45) is 1.56. The third-order valence-electron chi connectivity index (χ3n) is 3.17. The monoisotopic (exact) mass is 345 g/mol. The van der Waals surface area contributed by atoms with Crippen LogP contribution >= 0.6 is 12.2 Å². The van der Waals surface area contributed by atoms with Crippen LogP contribution in [0.1, 0.15) is 30.0 Å². The van der Waals surface area contributed by atoms with Gasteiger partial charge in [-0.15, -0.1) is 0 Å². The summed E-state index contributed by atoms with van der Waals surface area (Å²) in [4.78, 5) is 23.6. The number of rotatable bonds is 5. The van der Waals surface area contributed by atoms with Gasteiger partial charge in [0.25, 0.3) is 5.91 Å². The number of nitrogens with one attached hydrogen (secondary N) is 3. The molecule has 0 radical (unpaired) electrons. The third-order valence-corrected chi connectivity index (χ3v) is 3.37. The van der Waals surface area contributed by atoms with Crippen molar-refractivity contribution < 1.29 is 14.0 Å². The van der Waals surface area contributed by atoms with E-state index >= 15 is 0 Å². The molecule has 7 heteroatoms. The van der Waals surface area contributed by atoms with E-state index in [4.69, 9.17) is 16.6 Å². The van der Waals surface area contributed by atoms with Crippen molar-refractivity contribution in [2.45, 2.75) is 20.4 Å². The number of furan rings is 1. The number of anilines is 1.